The second-order valence-electron chi connectivity index (χ2n) is 8.42. The van der Waals surface area contributed by atoms with Gasteiger partial charge < -0.3 is 82.5 Å². The molecule has 0 aliphatic heterocycles. The number of phenols is 9. The molecule has 0 bridgehead atoms. The largest absolute Gasteiger partial charge is 0.504 e. The van der Waals surface area contributed by atoms with Gasteiger partial charge >= 0.3 is 0 Å². The van der Waals surface area contributed by atoms with E-state index in [2.05, 4.69) is 4.98 Å². The lowest BCUT2D eigenvalue weighted by molar-refractivity contribution is -0.379. The number of amides is 1. The molecule has 0 atom stereocenters. The van der Waals surface area contributed by atoms with Crippen molar-refractivity contribution in [1.29, 1.82) is 0 Å². The normalized spacial score (nSPS) is 12.0. The van der Waals surface area contributed by atoms with Gasteiger partial charge in [-0.3, -0.25) is 10.1 Å². The topological polar surface area (TPSA) is 363 Å². The van der Waals surface area contributed by atoms with Crippen LogP contribution in [0, 0.1) is 0 Å². The van der Waals surface area contributed by atoms with Gasteiger partial charge in [0.25, 0.3) is 11.7 Å². The van der Waals surface area contributed by atoms with E-state index in [-0.39, 0.29) is 10.8 Å². The molecule has 18 N–H and O–H groups in total. The molecule has 0 aliphatic rings. The van der Waals surface area contributed by atoms with Gasteiger partial charge in [-0.15, -0.1) is 0 Å². The maximum atomic E-state index is 12.3. The molecular weight excluding hydrogens is 580 g/mol. The van der Waals surface area contributed by atoms with Crippen LogP contribution in [0.5, 0.6) is 56.8 Å². The Kier molecular flexibility index (Phi) is 7.94. The molecule has 1 aromatic heterocycles. The SMILES string of the molecule is Nc1nc(CC(=O)Nc2c(O)c(O)c(C(O)(O)C(O)(O)NCCc3c(O)c(O)c(O)c(O)c3O)c(O)c2O)c(O)s1. The van der Waals surface area contributed by atoms with Crippen LogP contribution in [0.1, 0.15) is 16.8 Å². The number of carbonyl (C=O) groups is 1. The molecule has 19 nitrogen and oxygen atoms in total. The van der Waals surface area contributed by atoms with E-state index in [1.165, 1.54) is 0 Å². The number of carbonyl (C=O) groups excluding carboxylic acids is 1. The standard InChI is InChI=1S/C21H24N4O15S/c22-19-24-5(18(36)41-19)3-6(26)25-8-13(31)11(29)7(12(30)14(8)32)20(37,38)21(39,40)23-2-1-4-9(27)15(33)17(35)16(34)10(4)28/h23,27-40H,1-3H2,(H2,22,24)(H,25,26). The van der Waals surface area contributed by atoms with Crippen LogP contribution in [-0.4, -0.2) is 94.8 Å². The third kappa shape index (κ3) is 5.32. The van der Waals surface area contributed by atoms with E-state index in [1.807, 2.05) is 5.32 Å². The second kappa shape index (κ2) is 10.6. The summed E-state index contributed by atoms with van der Waals surface area (Å²) in [5.41, 5.74) is 1.80. The molecule has 0 saturated heterocycles. The summed E-state index contributed by atoms with van der Waals surface area (Å²) in [6.45, 7) is -0.845. The van der Waals surface area contributed by atoms with Crippen molar-refractivity contribution in [2.24, 2.45) is 0 Å². The minimum Gasteiger partial charge on any atom is -0.504 e. The first-order valence-electron chi connectivity index (χ1n) is 10.9. The van der Waals surface area contributed by atoms with Gasteiger partial charge in [0.15, 0.2) is 44.7 Å². The van der Waals surface area contributed by atoms with Crippen LogP contribution in [0.4, 0.5) is 10.8 Å². The molecule has 3 aromatic rings. The molecule has 1 heterocycles. The summed E-state index contributed by atoms with van der Waals surface area (Å²) in [4.78, 5) is 16.0. The highest BCUT2D eigenvalue weighted by Gasteiger charge is 2.53. The van der Waals surface area contributed by atoms with Crippen LogP contribution >= 0.6 is 11.3 Å². The number of aromatic nitrogens is 1. The van der Waals surface area contributed by atoms with E-state index < -0.39 is 111 Å². The van der Waals surface area contributed by atoms with Crippen LogP contribution in [0.25, 0.3) is 0 Å². The molecule has 0 aliphatic carbocycles. The number of rotatable bonds is 9. The average molecular weight is 605 g/mol. The van der Waals surface area contributed by atoms with Gasteiger partial charge in [0.2, 0.25) is 23.2 Å². The first kappa shape index (κ1) is 30.7. The van der Waals surface area contributed by atoms with Crippen LogP contribution in [0.15, 0.2) is 0 Å². The number of nitrogens with two attached hydrogens (primary N) is 1. The van der Waals surface area contributed by atoms with Crippen LogP contribution < -0.4 is 16.4 Å². The molecule has 0 fully saturated rings. The maximum absolute atomic E-state index is 12.3. The number of hydrogen-bond acceptors (Lipinski definition) is 19. The number of nitrogens with one attached hydrogen (secondary N) is 2. The lowest BCUT2D eigenvalue weighted by atomic mass is 9.97. The quantitative estimate of drug-likeness (QED) is 0.0685. The average Bonchev–Trinajstić information content (AvgIpc) is 3.20. The molecule has 41 heavy (non-hydrogen) atoms. The number of hydrogen-bond donors (Lipinski definition) is 17. The Hall–Kier alpha value is -4.86. The van der Waals surface area contributed by atoms with Crippen molar-refractivity contribution in [2.75, 3.05) is 17.6 Å². The van der Waals surface area contributed by atoms with Crippen molar-refractivity contribution in [2.45, 2.75) is 24.5 Å². The highest BCUT2D eigenvalue weighted by atomic mass is 32.1. The molecule has 0 unspecified atom stereocenters. The van der Waals surface area contributed by atoms with E-state index in [1.54, 1.807) is 5.32 Å². The zero-order valence-corrected chi connectivity index (χ0v) is 21.0. The van der Waals surface area contributed by atoms with Crippen molar-refractivity contribution >= 4 is 28.1 Å². The summed E-state index contributed by atoms with van der Waals surface area (Å²) in [6, 6.07) is 0. The van der Waals surface area contributed by atoms with E-state index in [0.717, 1.165) is 0 Å². The Bertz CT molecular complexity index is 1460. The van der Waals surface area contributed by atoms with E-state index in [4.69, 9.17) is 5.73 Å². The van der Waals surface area contributed by atoms with Gasteiger partial charge in [0.1, 0.15) is 16.9 Å². The van der Waals surface area contributed by atoms with Crippen molar-refractivity contribution in [3.05, 3.63) is 16.8 Å². The van der Waals surface area contributed by atoms with Crippen LogP contribution in [-0.2, 0) is 23.4 Å². The van der Waals surface area contributed by atoms with Gasteiger partial charge in [-0.2, -0.15) is 0 Å². The Balaban J connectivity index is 1.87. The molecule has 224 valence electrons. The Morgan fingerprint density at radius 1 is 0.756 bits per heavy atom. The predicted molar refractivity (Wildman–Crippen MR) is 133 cm³/mol. The number of thiazole rings is 1. The minimum atomic E-state index is -4.17. The fourth-order valence-electron chi connectivity index (χ4n) is 3.59. The number of nitrogen functional groups attached to an aromatic ring is 1. The number of aromatic hydroxyl groups is 10. The lowest BCUT2D eigenvalue weighted by Gasteiger charge is -2.36. The molecule has 20 heteroatoms. The second-order valence-corrected chi connectivity index (χ2v) is 9.43. The molecule has 0 radical (unpaired) electrons. The number of anilines is 2. The smallest absolute Gasteiger partial charge is 0.284 e. The highest BCUT2D eigenvalue weighted by molar-refractivity contribution is 7.17. The summed E-state index contributed by atoms with van der Waals surface area (Å²) in [5.74, 6) is -21.5. The summed E-state index contributed by atoms with van der Waals surface area (Å²) in [7, 11) is 0. The Labute approximate surface area is 230 Å². The molecule has 3 rings (SSSR count). The first-order chi connectivity index (χ1) is 18.8. The third-order valence-corrected chi connectivity index (χ3v) is 6.46. The highest BCUT2D eigenvalue weighted by Crippen LogP contribution is 2.54. The minimum absolute atomic E-state index is 0.0871. The Morgan fingerprint density at radius 3 is 1.71 bits per heavy atom. The summed E-state index contributed by atoms with van der Waals surface area (Å²) >= 11 is 0.640. The number of aliphatic hydroxyl groups is 4. The molecular formula is C21H24N4O15S. The van der Waals surface area contributed by atoms with Crippen LogP contribution in [0.3, 0.4) is 0 Å². The number of benzene rings is 2. The van der Waals surface area contributed by atoms with Gasteiger partial charge in [-0.25, -0.2) is 4.98 Å². The van der Waals surface area contributed by atoms with Crippen molar-refractivity contribution < 1.29 is 76.3 Å². The van der Waals surface area contributed by atoms with Crippen molar-refractivity contribution in [3.63, 3.8) is 0 Å². The molecule has 0 saturated carbocycles. The van der Waals surface area contributed by atoms with E-state index in [0.29, 0.717) is 11.3 Å². The van der Waals surface area contributed by atoms with Gasteiger partial charge in [0, 0.05) is 12.1 Å². The fourth-order valence-corrected chi connectivity index (χ4v) is 4.18. The zero-order chi connectivity index (χ0) is 31.2. The third-order valence-electron chi connectivity index (χ3n) is 5.73. The predicted octanol–water partition coefficient (Wildman–Crippen LogP) is -2.43. The summed E-state index contributed by atoms with van der Waals surface area (Å²) in [5, 5.41) is 144. The molecule has 0 spiro atoms. The fraction of sp³-hybridized carbons (Fsp3) is 0.238. The molecule has 1 amide bonds. The Morgan fingerprint density at radius 2 is 1.24 bits per heavy atom. The maximum Gasteiger partial charge on any atom is 0.284 e. The summed E-state index contributed by atoms with van der Waals surface area (Å²) < 4.78 is 0. The first-order valence-corrected chi connectivity index (χ1v) is 11.7. The van der Waals surface area contributed by atoms with Crippen molar-refractivity contribution in [1.82, 2.24) is 10.3 Å². The molecule has 2 aromatic carbocycles. The van der Waals surface area contributed by atoms with Crippen molar-refractivity contribution in [3.8, 4) is 56.8 Å². The van der Waals surface area contributed by atoms with Crippen LogP contribution in [0.2, 0.25) is 0 Å². The zero-order valence-electron chi connectivity index (χ0n) is 20.2. The van der Waals surface area contributed by atoms with Gasteiger partial charge in [0.05, 0.1) is 6.42 Å². The lowest BCUT2D eigenvalue weighted by Crippen LogP contribution is -2.61. The monoisotopic (exact) mass is 604 g/mol. The van der Waals surface area contributed by atoms with E-state index >= 15 is 0 Å². The van der Waals surface area contributed by atoms with Gasteiger partial charge in [-0.1, -0.05) is 11.3 Å². The van der Waals surface area contributed by atoms with E-state index in [9.17, 15) is 76.3 Å². The summed E-state index contributed by atoms with van der Waals surface area (Å²) in [6.07, 6.45) is -1.38. The number of nitrogens with zero attached hydrogens (tertiary/aromatic N) is 1. The van der Waals surface area contributed by atoms with Gasteiger partial charge in [-0.05, 0) is 6.42 Å². The number of phenolic OH excluding ortho intramolecular Hbond substituents is 9.